The fraction of sp³-hybridized carbons (Fsp3) is 0.291. The van der Waals surface area contributed by atoms with Crippen molar-refractivity contribution in [1.29, 1.82) is 0 Å². The molecule has 340 valence electrons. The molecule has 2 unspecified atom stereocenters. The zero-order chi connectivity index (χ0) is 46.9. The molecule has 2 aliphatic rings. The Morgan fingerprint density at radius 1 is 0.727 bits per heavy atom. The van der Waals surface area contributed by atoms with E-state index in [0.717, 1.165) is 79.2 Å². The van der Waals surface area contributed by atoms with Crippen molar-refractivity contribution in [3.8, 4) is 0 Å². The van der Waals surface area contributed by atoms with Crippen LogP contribution in [0.4, 0.5) is 34.1 Å². The molecule has 0 fully saturated rings. The van der Waals surface area contributed by atoms with Gasteiger partial charge in [0, 0.05) is 71.7 Å². The van der Waals surface area contributed by atoms with E-state index >= 15 is 0 Å². The standard InChI is InChI=1S/C55H60N6O5/c1-8-59(9-2)39-27-25-38(26-28-39)57-56-37-23-21-36(22-24-37)53(66)58(7)40-29-30-46-45(35-40)54(3,4)47(60(46)33-31-49(62)63)19-14-20-48-55(5,6)51-43-17-12-10-15-41(43)42-16-11-13-18-44(42)52(51)61(48)34-32-50(64)65/h10-30,35,47,56-57H,8-9,31-34H2,1-7H3,(H,62,63)(H,64,65)/p+1/b19-14+,48-20+. The summed E-state index contributed by atoms with van der Waals surface area (Å²) in [5.74, 6) is -1.87. The van der Waals surface area contributed by atoms with Gasteiger partial charge in [-0.3, -0.25) is 19.3 Å². The second-order valence-corrected chi connectivity index (χ2v) is 18.4. The lowest BCUT2D eigenvalue weighted by Gasteiger charge is -2.28. The summed E-state index contributed by atoms with van der Waals surface area (Å²) >= 11 is 0. The third-order valence-electron chi connectivity index (χ3n) is 13.8. The molecule has 11 heteroatoms. The van der Waals surface area contributed by atoms with E-state index in [2.05, 4.69) is 135 Å². The number of nitrogens with one attached hydrogen (secondary N) is 3. The first-order chi connectivity index (χ1) is 31.6. The van der Waals surface area contributed by atoms with E-state index < -0.39 is 22.8 Å². The number of rotatable bonds is 16. The van der Waals surface area contributed by atoms with Crippen molar-refractivity contribution in [2.75, 3.05) is 58.8 Å². The third kappa shape index (κ3) is 8.47. The lowest BCUT2D eigenvalue weighted by Crippen LogP contribution is -3.10. The van der Waals surface area contributed by atoms with Gasteiger partial charge in [-0.2, -0.15) is 0 Å². The summed E-state index contributed by atoms with van der Waals surface area (Å²) in [4.78, 5) is 45.2. The predicted molar refractivity (Wildman–Crippen MR) is 269 cm³/mol. The zero-order valence-corrected chi connectivity index (χ0v) is 39.0. The average Bonchev–Trinajstić information content (AvgIpc) is 3.67. The van der Waals surface area contributed by atoms with Crippen LogP contribution in [-0.4, -0.2) is 67.3 Å². The smallest absolute Gasteiger partial charge is 0.309 e. The monoisotopic (exact) mass is 885 g/mol. The normalized spacial score (nSPS) is 17.6. The van der Waals surface area contributed by atoms with Crippen molar-refractivity contribution < 1.29 is 29.5 Å². The summed E-state index contributed by atoms with van der Waals surface area (Å²) in [5.41, 5.74) is 15.0. The molecule has 6 aromatic rings. The van der Waals surface area contributed by atoms with Crippen LogP contribution in [0, 0.1) is 0 Å². The molecule has 2 atom stereocenters. The Kier molecular flexibility index (Phi) is 12.7. The Hall–Kier alpha value is -7.11. The summed E-state index contributed by atoms with van der Waals surface area (Å²) in [6.45, 7) is 15.7. The number of carboxylic acid groups (broad SMARTS) is 2. The number of aliphatic carboxylic acids is 2. The van der Waals surface area contributed by atoms with Crippen LogP contribution >= 0.6 is 0 Å². The summed E-state index contributed by atoms with van der Waals surface area (Å²) in [5, 5.41) is 24.3. The maximum Gasteiger partial charge on any atom is 0.309 e. The first-order valence-electron chi connectivity index (χ1n) is 22.9. The number of fused-ring (bicyclic) bond motifs is 7. The molecule has 5 N–H and O–H groups in total. The number of benzene rings is 6. The van der Waals surface area contributed by atoms with E-state index in [1.165, 1.54) is 11.3 Å². The van der Waals surface area contributed by atoms with Gasteiger partial charge >= 0.3 is 11.9 Å². The molecule has 66 heavy (non-hydrogen) atoms. The van der Waals surface area contributed by atoms with Gasteiger partial charge in [-0.05, 0) is 122 Å². The number of hydrogen-bond acceptors (Lipinski definition) is 7. The maximum atomic E-state index is 14.0. The number of hydrazine groups is 1. The Bertz CT molecular complexity index is 2860. The van der Waals surface area contributed by atoms with Crippen LogP contribution < -0.4 is 30.5 Å². The molecule has 0 saturated heterocycles. The number of carboxylic acids is 2. The molecule has 0 spiro atoms. The van der Waals surface area contributed by atoms with Crippen molar-refractivity contribution in [3.63, 3.8) is 0 Å². The first kappa shape index (κ1) is 45.5. The van der Waals surface area contributed by atoms with Crippen molar-refractivity contribution in [1.82, 2.24) is 0 Å². The Labute approximate surface area is 387 Å². The number of quaternary nitrogens is 1. The lowest BCUT2D eigenvalue weighted by molar-refractivity contribution is -0.849. The molecule has 0 aromatic heterocycles. The van der Waals surface area contributed by atoms with Gasteiger partial charge in [-0.1, -0.05) is 68.5 Å². The van der Waals surface area contributed by atoms with Gasteiger partial charge in [0.1, 0.15) is 11.7 Å². The topological polar surface area (TPSA) is 130 Å². The molecular formula is C55H61N6O5+. The largest absolute Gasteiger partial charge is 0.481 e. The van der Waals surface area contributed by atoms with Gasteiger partial charge in [0.05, 0.1) is 41.9 Å². The van der Waals surface area contributed by atoms with E-state index in [-0.39, 0.29) is 24.8 Å². The second kappa shape index (κ2) is 18.4. The molecule has 2 aliphatic heterocycles. The van der Waals surface area contributed by atoms with Gasteiger partial charge in [0.15, 0.2) is 0 Å². The minimum absolute atomic E-state index is 0.00874. The van der Waals surface area contributed by atoms with E-state index in [1.807, 2.05) is 60.7 Å². The SMILES string of the molecule is CCN(CC)c1ccc(NNc2ccc(C(=O)N(C)c3ccc4c(c3)C(C)(C)C(/C=C/C=C3/N(CCC(=O)O)c5c(c6ccccc6c6ccccc56)C3(C)C)[NH+]4CCC(=O)O)cc2)cc1. The number of amides is 1. The molecule has 11 nitrogen and oxygen atoms in total. The number of carbonyl (C=O) groups is 3. The van der Waals surface area contributed by atoms with Gasteiger partial charge in [-0.25, -0.2) is 0 Å². The second-order valence-electron chi connectivity index (χ2n) is 18.4. The number of hydrogen-bond donors (Lipinski definition) is 5. The fourth-order valence-electron chi connectivity index (χ4n) is 10.3. The van der Waals surface area contributed by atoms with Gasteiger partial charge in [-0.15, -0.1) is 0 Å². The molecule has 0 aliphatic carbocycles. The van der Waals surface area contributed by atoms with Gasteiger partial charge < -0.3 is 35.8 Å². The van der Waals surface area contributed by atoms with Crippen LogP contribution in [0.1, 0.15) is 75.9 Å². The molecular weight excluding hydrogens is 825 g/mol. The van der Waals surface area contributed by atoms with Crippen molar-refractivity contribution in [3.05, 3.63) is 156 Å². The highest BCUT2D eigenvalue weighted by atomic mass is 16.4. The summed E-state index contributed by atoms with van der Waals surface area (Å²) < 4.78 is 0. The van der Waals surface area contributed by atoms with E-state index in [0.29, 0.717) is 18.7 Å². The molecule has 8 rings (SSSR count). The highest BCUT2D eigenvalue weighted by Crippen LogP contribution is 2.54. The van der Waals surface area contributed by atoms with E-state index in [4.69, 9.17) is 0 Å². The number of carbonyl (C=O) groups excluding carboxylic acids is 1. The number of nitrogens with zero attached hydrogens (tertiary/aromatic N) is 3. The maximum absolute atomic E-state index is 14.0. The first-order valence-corrected chi connectivity index (χ1v) is 22.9. The highest BCUT2D eigenvalue weighted by molar-refractivity contribution is 6.17. The third-order valence-corrected chi connectivity index (χ3v) is 13.8. The van der Waals surface area contributed by atoms with Crippen LogP contribution in [0.25, 0.3) is 21.5 Å². The minimum atomic E-state index is -0.860. The quantitative estimate of drug-likeness (QED) is 0.0477. The number of anilines is 5. The average molecular weight is 886 g/mol. The van der Waals surface area contributed by atoms with Crippen LogP contribution in [0.3, 0.4) is 0 Å². The van der Waals surface area contributed by atoms with Crippen LogP contribution in [0.5, 0.6) is 0 Å². The Morgan fingerprint density at radius 2 is 1.29 bits per heavy atom. The van der Waals surface area contributed by atoms with Crippen LogP contribution in [0.2, 0.25) is 0 Å². The Morgan fingerprint density at radius 3 is 1.89 bits per heavy atom. The van der Waals surface area contributed by atoms with Crippen molar-refractivity contribution >= 4 is 73.5 Å². The van der Waals surface area contributed by atoms with Crippen molar-refractivity contribution in [2.45, 2.75) is 71.3 Å². The highest BCUT2D eigenvalue weighted by Gasteiger charge is 2.48. The molecule has 0 bridgehead atoms. The van der Waals surface area contributed by atoms with E-state index in [9.17, 15) is 24.6 Å². The summed E-state index contributed by atoms with van der Waals surface area (Å²) in [6, 6.07) is 38.4. The van der Waals surface area contributed by atoms with Crippen LogP contribution in [0.15, 0.2) is 139 Å². The minimum Gasteiger partial charge on any atom is -0.481 e. The van der Waals surface area contributed by atoms with Crippen LogP contribution in [-0.2, 0) is 20.4 Å². The Balaban J connectivity index is 1.05. The van der Waals surface area contributed by atoms with Gasteiger partial charge in [0.2, 0.25) is 0 Å². The van der Waals surface area contributed by atoms with E-state index in [1.54, 1.807) is 11.9 Å². The lowest BCUT2D eigenvalue weighted by atomic mass is 9.79. The number of allylic oxidation sites excluding steroid dienone is 3. The fourth-order valence-corrected chi connectivity index (χ4v) is 10.3. The molecule has 1 amide bonds. The molecule has 0 radical (unpaired) electrons. The molecule has 2 heterocycles. The van der Waals surface area contributed by atoms with Gasteiger partial charge in [0.25, 0.3) is 5.91 Å². The predicted octanol–water partition coefficient (Wildman–Crippen LogP) is 9.92. The molecule has 0 saturated carbocycles. The molecule has 6 aromatic carbocycles. The summed E-state index contributed by atoms with van der Waals surface area (Å²) in [6.07, 6.45) is 6.34. The summed E-state index contributed by atoms with van der Waals surface area (Å²) in [7, 11) is 1.78. The zero-order valence-electron chi connectivity index (χ0n) is 39.0. The van der Waals surface area contributed by atoms with Crippen molar-refractivity contribution in [2.24, 2.45) is 0 Å².